The van der Waals surface area contributed by atoms with E-state index in [1.807, 2.05) is 18.2 Å². The molecule has 0 aliphatic carbocycles. The van der Waals surface area contributed by atoms with Crippen LogP contribution in [0.15, 0.2) is 47.5 Å². The Morgan fingerprint density at radius 3 is 2.62 bits per heavy atom. The molecule has 140 valence electrons. The van der Waals surface area contributed by atoms with Gasteiger partial charge in [-0.05, 0) is 44.2 Å². The number of hydrogen-bond acceptors (Lipinski definition) is 4. The molecular weight excluding hydrogens is 374 g/mol. The van der Waals surface area contributed by atoms with Gasteiger partial charge in [-0.15, -0.1) is 0 Å². The monoisotopic (exact) mass is 395 g/mol. The molecule has 0 atom stereocenters. The van der Waals surface area contributed by atoms with Crippen LogP contribution in [0, 0.1) is 0 Å². The Hall–Kier alpha value is -1.96. The molecule has 0 unspecified atom stereocenters. The van der Waals surface area contributed by atoms with Gasteiger partial charge in [-0.2, -0.15) is 0 Å². The third-order valence-electron chi connectivity index (χ3n) is 3.65. The van der Waals surface area contributed by atoms with Crippen LogP contribution in [0.4, 0.5) is 0 Å². The summed E-state index contributed by atoms with van der Waals surface area (Å²) in [6, 6.07) is 9.47. The minimum atomic E-state index is -3.70. The van der Waals surface area contributed by atoms with E-state index in [0.717, 1.165) is 5.69 Å². The van der Waals surface area contributed by atoms with Gasteiger partial charge < -0.3 is 4.90 Å². The van der Waals surface area contributed by atoms with Crippen molar-refractivity contribution in [2.24, 2.45) is 0 Å². The van der Waals surface area contributed by atoms with Crippen LogP contribution in [-0.2, 0) is 16.4 Å². The average Bonchev–Trinajstić information content (AvgIpc) is 2.59. The summed E-state index contributed by atoms with van der Waals surface area (Å²) in [6.45, 7) is 3.89. The van der Waals surface area contributed by atoms with Crippen LogP contribution in [0.2, 0.25) is 5.02 Å². The zero-order valence-electron chi connectivity index (χ0n) is 14.9. The molecule has 0 spiro atoms. The second-order valence-electron chi connectivity index (χ2n) is 6.22. The first-order chi connectivity index (χ1) is 12.2. The van der Waals surface area contributed by atoms with Gasteiger partial charge in [-0.1, -0.05) is 17.7 Å². The van der Waals surface area contributed by atoms with Crippen LogP contribution in [0.5, 0.6) is 0 Å². The Labute approximate surface area is 159 Å². The van der Waals surface area contributed by atoms with Gasteiger partial charge in [0.1, 0.15) is 0 Å². The average molecular weight is 396 g/mol. The number of pyridine rings is 1. The van der Waals surface area contributed by atoms with Gasteiger partial charge in [0.25, 0.3) is 5.91 Å². The third-order valence-corrected chi connectivity index (χ3v) is 5.63. The van der Waals surface area contributed by atoms with Crippen molar-refractivity contribution >= 4 is 27.5 Å². The Morgan fingerprint density at radius 2 is 2.00 bits per heavy atom. The van der Waals surface area contributed by atoms with Crippen molar-refractivity contribution < 1.29 is 13.2 Å². The molecule has 0 radical (unpaired) electrons. The number of sulfonamides is 1. The highest BCUT2D eigenvalue weighted by atomic mass is 35.5. The lowest BCUT2D eigenvalue weighted by Crippen LogP contribution is -2.31. The number of likely N-dealkylation sites (N-methyl/N-ethyl adjacent to an activating group) is 1. The Kier molecular flexibility index (Phi) is 6.75. The lowest BCUT2D eigenvalue weighted by molar-refractivity contribution is 0.0796. The van der Waals surface area contributed by atoms with Gasteiger partial charge in [-0.3, -0.25) is 9.78 Å². The Morgan fingerprint density at radius 1 is 1.27 bits per heavy atom. The fraction of sp³-hybridized carbons (Fsp3) is 0.333. The molecule has 0 bridgehead atoms. The SMILES string of the molecule is CC(C)NS(=O)(=O)c1ccc(Cl)c(C(=O)N(C)CCc2ccccn2)c1. The second-order valence-corrected chi connectivity index (χ2v) is 8.34. The molecule has 2 aromatic rings. The predicted octanol–water partition coefficient (Wildman–Crippen LogP) is 2.74. The summed E-state index contributed by atoms with van der Waals surface area (Å²) >= 11 is 6.13. The highest BCUT2D eigenvalue weighted by Crippen LogP contribution is 2.22. The predicted molar refractivity (Wildman–Crippen MR) is 102 cm³/mol. The number of aromatic nitrogens is 1. The van der Waals surface area contributed by atoms with Crippen molar-refractivity contribution in [1.29, 1.82) is 0 Å². The van der Waals surface area contributed by atoms with E-state index in [1.54, 1.807) is 27.1 Å². The van der Waals surface area contributed by atoms with Crippen molar-refractivity contribution in [3.05, 3.63) is 58.9 Å². The van der Waals surface area contributed by atoms with Crippen molar-refractivity contribution in [1.82, 2.24) is 14.6 Å². The first-order valence-corrected chi connectivity index (χ1v) is 10.0. The van der Waals surface area contributed by atoms with Crippen LogP contribution in [0.3, 0.4) is 0 Å². The molecule has 1 aromatic carbocycles. The first-order valence-electron chi connectivity index (χ1n) is 8.18. The largest absolute Gasteiger partial charge is 0.341 e. The number of nitrogens with zero attached hydrogens (tertiary/aromatic N) is 2. The minimum absolute atomic E-state index is 0.0112. The van der Waals surface area contributed by atoms with E-state index in [0.29, 0.717) is 13.0 Å². The quantitative estimate of drug-likeness (QED) is 0.781. The zero-order chi connectivity index (χ0) is 19.3. The topological polar surface area (TPSA) is 79.4 Å². The second kappa shape index (κ2) is 8.62. The number of benzene rings is 1. The molecule has 8 heteroatoms. The van der Waals surface area contributed by atoms with Crippen LogP contribution >= 0.6 is 11.6 Å². The molecular formula is C18H22ClN3O3S. The fourth-order valence-corrected chi connectivity index (χ4v) is 3.82. The normalized spacial score (nSPS) is 11.6. The molecule has 1 heterocycles. The van der Waals surface area contributed by atoms with Gasteiger partial charge in [0.15, 0.2) is 0 Å². The summed E-state index contributed by atoms with van der Waals surface area (Å²) in [6.07, 6.45) is 2.29. The van der Waals surface area contributed by atoms with E-state index >= 15 is 0 Å². The van der Waals surface area contributed by atoms with Crippen LogP contribution in [0.1, 0.15) is 29.9 Å². The van der Waals surface area contributed by atoms with Crippen molar-refractivity contribution in [2.45, 2.75) is 31.2 Å². The highest BCUT2D eigenvalue weighted by Gasteiger charge is 2.21. The summed E-state index contributed by atoms with van der Waals surface area (Å²) in [5, 5.41) is 0.211. The number of carbonyl (C=O) groups excluding carboxylic acids is 1. The molecule has 0 aliphatic heterocycles. The number of nitrogens with one attached hydrogen (secondary N) is 1. The van der Waals surface area contributed by atoms with Gasteiger partial charge in [0, 0.05) is 37.9 Å². The van der Waals surface area contributed by atoms with Gasteiger partial charge in [0.2, 0.25) is 10.0 Å². The summed E-state index contributed by atoms with van der Waals surface area (Å²) in [5.74, 6) is -0.340. The maximum atomic E-state index is 12.7. The van der Waals surface area contributed by atoms with E-state index in [4.69, 9.17) is 11.6 Å². The molecule has 0 saturated carbocycles. The highest BCUT2D eigenvalue weighted by molar-refractivity contribution is 7.89. The van der Waals surface area contributed by atoms with Gasteiger partial charge in [0.05, 0.1) is 15.5 Å². The Balaban J connectivity index is 2.18. The lowest BCUT2D eigenvalue weighted by Gasteiger charge is -2.18. The maximum Gasteiger partial charge on any atom is 0.255 e. The number of halogens is 1. The summed E-state index contributed by atoms with van der Waals surface area (Å²) in [5.41, 5.74) is 1.03. The third kappa shape index (κ3) is 5.27. The molecule has 1 N–H and O–H groups in total. The standard InChI is InChI=1S/C18H22ClN3O3S/c1-13(2)21-26(24,25)15-7-8-17(19)16(12-15)18(23)22(3)11-9-14-6-4-5-10-20-14/h4-8,10,12-13,21H,9,11H2,1-3H3. The molecule has 1 amide bonds. The number of rotatable bonds is 7. The van der Waals surface area contributed by atoms with E-state index < -0.39 is 10.0 Å². The smallest absolute Gasteiger partial charge is 0.255 e. The molecule has 0 fully saturated rings. The molecule has 2 rings (SSSR count). The molecule has 0 saturated heterocycles. The first kappa shape index (κ1) is 20.4. The van der Waals surface area contributed by atoms with Crippen LogP contribution < -0.4 is 4.72 Å². The summed E-state index contributed by atoms with van der Waals surface area (Å²) < 4.78 is 27.1. The number of carbonyl (C=O) groups is 1. The molecule has 1 aromatic heterocycles. The van der Waals surface area contributed by atoms with Crippen molar-refractivity contribution in [3.63, 3.8) is 0 Å². The summed E-state index contributed by atoms with van der Waals surface area (Å²) in [7, 11) is -2.05. The fourth-order valence-electron chi connectivity index (χ4n) is 2.35. The van der Waals surface area contributed by atoms with Crippen molar-refractivity contribution in [3.8, 4) is 0 Å². The van der Waals surface area contributed by atoms with Gasteiger partial charge in [-0.25, -0.2) is 13.1 Å². The Bertz CT molecular complexity index is 871. The number of hydrogen-bond donors (Lipinski definition) is 1. The van der Waals surface area contributed by atoms with Crippen LogP contribution in [0.25, 0.3) is 0 Å². The molecule has 0 aliphatic rings. The van der Waals surface area contributed by atoms with E-state index in [1.165, 1.54) is 23.1 Å². The van der Waals surface area contributed by atoms with E-state index in [-0.39, 0.29) is 27.4 Å². The van der Waals surface area contributed by atoms with E-state index in [9.17, 15) is 13.2 Å². The lowest BCUT2D eigenvalue weighted by atomic mass is 10.2. The minimum Gasteiger partial charge on any atom is -0.341 e. The summed E-state index contributed by atoms with van der Waals surface area (Å²) in [4.78, 5) is 18.4. The number of amides is 1. The zero-order valence-corrected chi connectivity index (χ0v) is 16.5. The molecule has 6 nitrogen and oxygen atoms in total. The molecule has 26 heavy (non-hydrogen) atoms. The van der Waals surface area contributed by atoms with E-state index in [2.05, 4.69) is 9.71 Å². The van der Waals surface area contributed by atoms with Gasteiger partial charge >= 0.3 is 0 Å². The van der Waals surface area contributed by atoms with Crippen LogP contribution in [-0.4, -0.2) is 43.8 Å². The van der Waals surface area contributed by atoms with Crippen molar-refractivity contribution in [2.75, 3.05) is 13.6 Å². The maximum absolute atomic E-state index is 12.7.